The van der Waals surface area contributed by atoms with E-state index in [2.05, 4.69) is 4.98 Å². The van der Waals surface area contributed by atoms with E-state index in [1.807, 2.05) is 48.3 Å². The molecule has 1 aliphatic rings. The first kappa shape index (κ1) is 17.6. The van der Waals surface area contributed by atoms with E-state index in [4.69, 9.17) is 23.2 Å². The molecule has 0 spiro atoms. The highest BCUT2D eigenvalue weighted by Crippen LogP contribution is 2.41. The number of benzene rings is 2. The van der Waals surface area contributed by atoms with Crippen molar-refractivity contribution in [1.29, 1.82) is 0 Å². The van der Waals surface area contributed by atoms with Gasteiger partial charge in [-0.15, -0.1) is 0 Å². The number of nitrogens with one attached hydrogen (secondary N) is 1. The average molecular weight is 389 g/mol. The molecule has 0 fully saturated rings. The standard InChI is InChI=1S/C20H18Cl2N2O2/c1-24(10-13-6-11-4-2-3-5-14(11)20(26)23-13)19-16-7-12(21)8-17(22)15(16)9-18(19)25/h2-8,18-19,25H,9-10H2,1H3,(H,23,26). The SMILES string of the molecule is CN(Cc1cc2ccccc2c(=O)[nH]1)C1c2cc(Cl)cc(Cl)c2CC1O. The zero-order chi connectivity index (χ0) is 18.4. The summed E-state index contributed by atoms with van der Waals surface area (Å²) in [5.41, 5.74) is 2.57. The van der Waals surface area contributed by atoms with Crippen LogP contribution in [0.15, 0.2) is 47.3 Å². The maximum absolute atomic E-state index is 12.3. The highest BCUT2D eigenvalue weighted by atomic mass is 35.5. The predicted octanol–water partition coefficient (Wildman–Crippen LogP) is 3.93. The number of likely N-dealkylation sites (N-methyl/N-ethyl adjacent to an activating group) is 1. The molecule has 1 aromatic heterocycles. The fourth-order valence-corrected chi connectivity index (χ4v) is 4.47. The van der Waals surface area contributed by atoms with Gasteiger partial charge in [-0.3, -0.25) is 9.69 Å². The summed E-state index contributed by atoms with van der Waals surface area (Å²) in [6, 6.07) is 12.8. The zero-order valence-electron chi connectivity index (χ0n) is 14.2. The summed E-state index contributed by atoms with van der Waals surface area (Å²) < 4.78 is 0. The molecule has 0 aliphatic heterocycles. The minimum absolute atomic E-state index is 0.107. The van der Waals surface area contributed by atoms with Gasteiger partial charge >= 0.3 is 0 Å². The summed E-state index contributed by atoms with van der Waals surface area (Å²) in [5.74, 6) is 0. The van der Waals surface area contributed by atoms with Crippen LogP contribution in [-0.4, -0.2) is 28.1 Å². The lowest BCUT2D eigenvalue weighted by Crippen LogP contribution is -2.31. The number of aliphatic hydroxyl groups excluding tert-OH is 1. The summed E-state index contributed by atoms with van der Waals surface area (Å²) in [4.78, 5) is 17.2. The minimum atomic E-state index is -0.571. The first-order chi connectivity index (χ1) is 12.4. The summed E-state index contributed by atoms with van der Waals surface area (Å²) in [5, 5.41) is 13.3. The van der Waals surface area contributed by atoms with E-state index < -0.39 is 6.10 Å². The minimum Gasteiger partial charge on any atom is -0.391 e. The number of H-pyrrole nitrogens is 1. The number of nitrogens with zero attached hydrogens (tertiary/aromatic N) is 1. The lowest BCUT2D eigenvalue weighted by atomic mass is 10.1. The molecule has 26 heavy (non-hydrogen) atoms. The third kappa shape index (κ3) is 3.03. The molecule has 4 rings (SSSR count). The van der Waals surface area contributed by atoms with Crippen LogP contribution in [-0.2, 0) is 13.0 Å². The second-order valence-electron chi connectivity index (χ2n) is 6.80. The number of aromatic nitrogens is 1. The summed E-state index contributed by atoms with van der Waals surface area (Å²) in [6.07, 6.45) is -0.0765. The van der Waals surface area contributed by atoms with Crippen LogP contribution in [0.3, 0.4) is 0 Å². The molecule has 0 amide bonds. The quantitative estimate of drug-likeness (QED) is 0.714. The smallest absolute Gasteiger partial charge is 0.256 e. The monoisotopic (exact) mass is 388 g/mol. The van der Waals surface area contributed by atoms with Crippen molar-refractivity contribution in [3.8, 4) is 0 Å². The van der Waals surface area contributed by atoms with Crippen molar-refractivity contribution in [2.24, 2.45) is 0 Å². The molecule has 6 heteroatoms. The number of pyridine rings is 1. The summed E-state index contributed by atoms with van der Waals surface area (Å²) in [6.45, 7) is 0.491. The zero-order valence-corrected chi connectivity index (χ0v) is 15.7. The van der Waals surface area contributed by atoms with E-state index >= 15 is 0 Å². The molecular formula is C20H18Cl2N2O2. The van der Waals surface area contributed by atoms with Gasteiger partial charge < -0.3 is 10.1 Å². The molecule has 1 aliphatic carbocycles. The van der Waals surface area contributed by atoms with Crippen LogP contribution in [0.5, 0.6) is 0 Å². The molecule has 0 radical (unpaired) electrons. The lowest BCUT2D eigenvalue weighted by molar-refractivity contribution is 0.0718. The van der Waals surface area contributed by atoms with Crippen LogP contribution in [0.2, 0.25) is 10.0 Å². The van der Waals surface area contributed by atoms with Crippen molar-refractivity contribution < 1.29 is 5.11 Å². The van der Waals surface area contributed by atoms with Gasteiger partial charge in [0.1, 0.15) is 0 Å². The maximum Gasteiger partial charge on any atom is 0.256 e. The van der Waals surface area contributed by atoms with Crippen LogP contribution in [0.1, 0.15) is 22.9 Å². The molecule has 3 aromatic rings. The molecule has 2 atom stereocenters. The summed E-state index contributed by atoms with van der Waals surface area (Å²) in [7, 11) is 1.92. The van der Waals surface area contributed by atoms with Gasteiger partial charge in [-0.25, -0.2) is 0 Å². The van der Waals surface area contributed by atoms with E-state index in [1.54, 1.807) is 6.07 Å². The Morgan fingerprint density at radius 3 is 2.81 bits per heavy atom. The van der Waals surface area contributed by atoms with Crippen LogP contribution in [0, 0.1) is 0 Å². The molecule has 2 aromatic carbocycles. The molecule has 2 N–H and O–H groups in total. The Bertz CT molecular complexity index is 1050. The largest absolute Gasteiger partial charge is 0.391 e. The number of rotatable bonds is 3. The normalized spacial score (nSPS) is 19.3. The van der Waals surface area contributed by atoms with Gasteiger partial charge in [0.2, 0.25) is 0 Å². The Morgan fingerprint density at radius 1 is 1.23 bits per heavy atom. The van der Waals surface area contributed by atoms with Gasteiger partial charge in [0.15, 0.2) is 0 Å². The van der Waals surface area contributed by atoms with Crippen LogP contribution in [0.4, 0.5) is 0 Å². The Hall–Kier alpha value is -1.85. The maximum atomic E-state index is 12.3. The Labute approximate surface area is 161 Å². The highest BCUT2D eigenvalue weighted by Gasteiger charge is 2.35. The molecular weight excluding hydrogens is 371 g/mol. The lowest BCUT2D eigenvalue weighted by Gasteiger charge is -2.28. The van der Waals surface area contributed by atoms with E-state index in [0.717, 1.165) is 22.2 Å². The van der Waals surface area contributed by atoms with Crippen LogP contribution >= 0.6 is 23.2 Å². The molecule has 2 unspecified atom stereocenters. The molecule has 0 saturated heterocycles. The van der Waals surface area contributed by atoms with Crippen molar-refractivity contribution in [1.82, 2.24) is 9.88 Å². The molecule has 0 bridgehead atoms. The number of fused-ring (bicyclic) bond motifs is 2. The Morgan fingerprint density at radius 2 is 2.00 bits per heavy atom. The molecule has 134 valence electrons. The van der Waals surface area contributed by atoms with Crippen molar-refractivity contribution in [2.75, 3.05) is 7.05 Å². The topological polar surface area (TPSA) is 56.3 Å². The van der Waals surface area contributed by atoms with Gasteiger partial charge in [-0.05, 0) is 47.8 Å². The number of aliphatic hydroxyl groups is 1. The van der Waals surface area contributed by atoms with E-state index in [0.29, 0.717) is 28.4 Å². The highest BCUT2D eigenvalue weighted by molar-refractivity contribution is 6.35. The predicted molar refractivity (Wildman–Crippen MR) is 105 cm³/mol. The first-order valence-electron chi connectivity index (χ1n) is 8.41. The summed E-state index contributed by atoms with van der Waals surface area (Å²) >= 11 is 12.5. The van der Waals surface area contributed by atoms with Gasteiger partial charge in [0.05, 0.1) is 12.1 Å². The van der Waals surface area contributed by atoms with Crippen LogP contribution in [0.25, 0.3) is 10.8 Å². The molecule has 4 nitrogen and oxygen atoms in total. The van der Waals surface area contributed by atoms with E-state index in [9.17, 15) is 9.90 Å². The van der Waals surface area contributed by atoms with Gasteiger partial charge in [-0.1, -0.05) is 41.4 Å². The van der Waals surface area contributed by atoms with E-state index in [1.165, 1.54) is 0 Å². The number of hydrogen-bond donors (Lipinski definition) is 2. The van der Waals surface area contributed by atoms with Crippen molar-refractivity contribution >= 4 is 34.0 Å². The third-order valence-electron chi connectivity index (χ3n) is 4.99. The van der Waals surface area contributed by atoms with Gasteiger partial charge in [0.25, 0.3) is 5.56 Å². The Balaban J connectivity index is 1.68. The van der Waals surface area contributed by atoms with E-state index in [-0.39, 0.29) is 11.6 Å². The molecule has 0 saturated carbocycles. The Kier molecular flexibility index (Phi) is 4.53. The van der Waals surface area contributed by atoms with Crippen molar-refractivity contribution in [3.05, 3.63) is 79.7 Å². The second kappa shape index (κ2) is 6.71. The second-order valence-corrected chi connectivity index (χ2v) is 7.64. The van der Waals surface area contributed by atoms with Gasteiger partial charge in [-0.2, -0.15) is 0 Å². The van der Waals surface area contributed by atoms with Crippen molar-refractivity contribution in [3.63, 3.8) is 0 Å². The molecule has 1 heterocycles. The van der Waals surface area contributed by atoms with Gasteiger partial charge in [0, 0.05) is 34.1 Å². The number of hydrogen-bond acceptors (Lipinski definition) is 3. The van der Waals surface area contributed by atoms with Crippen LogP contribution < -0.4 is 5.56 Å². The first-order valence-corrected chi connectivity index (χ1v) is 9.16. The average Bonchev–Trinajstić information content (AvgIpc) is 2.91. The number of aromatic amines is 1. The number of halogens is 2. The van der Waals surface area contributed by atoms with Crippen molar-refractivity contribution in [2.45, 2.75) is 25.1 Å². The third-order valence-corrected chi connectivity index (χ3v) is 5.55. The fourth-order valence-electron chi connectivity index (χ4n) is 3.88. The fraction of sp³-hybridized carbons (Fsp3) is 0.250.